The van der Waals surface area contributed by atoms with E-state index >= 15 is 0 Å². The molecule has 0 spiro atoms. The molecule has 0 aliphatic carbocycles. The summed E-state index contributed by atoms with van der Waals surface area (Å²) in [6, 6.07) is 3.71. The molecule has 0 unspecified atom stereocenters. The van der Waals surface area contributed by atoms with Crippen molar-refractivity contribution < 1.29 is 18.1 Å². The fraction of sp³-hybridized carbons (Fsp3) is 0.571. The van der Waals surface area contributed by atoms with Gasteiger partial charge in [-0.25, -0.2) is 0 Å². The summed E-state index contributed by atoms with van der Waals surface area (Å²) in [5.41, 5.74) is 0.212. The summed E-state index contributed by atoms with van der Waals surface area (Å²) in [6.45, 7) is 2.55. The Morgan fingerprint density at radius 3 is 2.40 bits per heavy atom. The number of nitro benzene ring substituents is 1. The van der Waals surface area contributed by atoms with Crippen LogP contribution in [0.15, 0.2) is 18.2 Å². The van der Waals surface area contributed by atoms with Gasteiger partial charge in [0.15, 0.2) is 0 Å². The SMILES string of the molecule is Cl.Cl.O=[N+]([O-])c1cc([C@@H](CCC(F)(F)F)N2CCNCC2)ccc1Cl. The number of hydrogen-bond acceptors (Lipinski definition) is 4. The van der Waals surface area contributed by atoms with Gasteiger partial charge in [-0.2, -0.15) is 13.2 Å². The second-order valence-corrected chi connectivity index (χ2v) is 5.83. The molecule has 25 heavy (non-hydrogen) atoms. The highest BCUT2D eigenvalue weighted by molar-refractivity contribution is 6.32. The molecule has 1 aliphatic rings. The van der Waals surface area contributed by atoms with Crippen LogP contribution in [0.3, 0.4) is 0 Å². The fourth-order valence-electron chi connectivity index (χ4n) is 2.73. The first-order valence-electron chi connectivity index (χ1n) is 7.23. The van der Waals surface area contributed by atoms with Crippen LogP contribution in [0, 0.1) is 10.1 Å². The van der Waals surface area contributed by atoms with Crippen molar-refractivity contribution >= 4 is 42.1 Å². The van der Waals surface area contributed by atoms with E-state index in [4.69, 9.17) is 11.6 Å². The first kappa shape index (κ1) is 24.2. The minimum Gasteiger partial charge on any atom is -0.314 e. The first-order chi connectivity index (χ1) is 10.8. The van der Waals surface area contributed by atoms with Crippen molar-refractivity contribution in [3.05, 3.63) is 38.9 Å². The van der Waals surface area contributed by atoms with Gasteiger partial charge in [0.1, 0.15) is 5.02 Å². The lowest BCUT2D eigenvalue weighted by molar-refractivity contribution is -0.384. The zero-order valence-corrected chi connectivity index (χ0v) is 15.5. The number of piperazine rings is 1. The summed E-state index contributed by atoms with van der Waals surface area (Å²) >= 11 is 5.79. The van der Waals surface area contributed by atoms with Crippen LogP contribution in [-0.4, -0.2) is 42.2 Å². The zero-order chi connectivity index (χ0) is 17.0. The molecule has 144 valence electrons. The Morgan fingerprint density at radius 1 is 1.28 bits per heavy atom. The maximum absolute atomic E-state index is 12.6. The van der Waals surface area contributed by atoms with Crippen molar-refractivity contribution in [2.24, 2.45) is 0 Å². The Hall–Kier alpha value is -0.800. The number of nitrogens with one attached hydrogen (secondary N) is 1. The van der Waals surface area contributed by atoms with Gasteiger partial charge >= 0.3 is 6.18 Å². The van der Waals surface area contributed by atoms with Crippen molar-refractivity contribution in [2.45, 2.75) is 25.1 Å². The topological polar surface area (TPSA) is 58.4 Å². The highest BCUT2D eigenvalue weighted by Crippen LogP contribution is 2.35. The molecule has 0 saturated carbocycles. The van der Waals surface area contributed by atoms with Crippen LogP contribution < -0.4 is 5.32 Å². The lowest BCUT2D eigenvalue weighted by Gasteiger charge is -2.35. The van der Waals surface area contributed by atoms with E-state index in [1.807, 2.05) is 4.90 Å². The van der Waals surface area contributed by atoms with Crippen LogP contribution in [-0.2, 0) is 0 Å². The van der Waals surface area contributed by atoms with Crippen LogP contribution in [0.4, 0.5) is 18.9 Å². The summed E-state index contributed by atoms with van der Waals surface area (Å²) in [4.78, 5) is 12.3. The van der Waals surface area contributed by atoms with E-state index in [-0.39, 0.29) is 41.9 Å². The summed E-state index contributed by atoms with van der Waals surface area (Å²) < 4.78 is 37.8. The average molecular weight is 425 g/mol. The highest BCUT2D eigenvalue weighted by atomic mass is 35.5. The molecule has 1 heterocycles. The number of hydrogen-bond donors (Lipinski definition) is 1. The van der Waals surface area contributed by atoms with E-state index in [0.29, 0.717) is 31.7 Å². The van der Waals surface area contributed by atoms with Crippen LogP contribution in [0.5, 0.6) is 0 Å². The highest BCUT2D eigenvalue weighted by Gasteiger charge is 2.32. The van der Waals surface area contributed by atoms with Gasteiger partial charge in [0.25, 0.3) is 5.69 Å². The van der Waals surface area contributed by atoms with Gasteiger partial charge < -0.3 is 5.32 Å². The molecular weight excluding hydrogens is 406 g/mol. The third-order valence-corrected chi connectivity index (χ3v) is 4.16. The maximum Gasteiger partial charge on any atom is 0.389 e. The number of nitrogens with zero attached hydrogens (tertiary/aromatic N) is 2. The van der Waals surface area contributed by atoms with Crippen LogP contribution >= 0.6 is 36.4 Å². The summed E-state index contributed by atoms with van der Waals surface area (Å²) in [5, 5.41) is 14.1. The van der Waals surface area contributed by atoms with E-state index in [9.17, 15) is 23.3 Å². The Labute approximate surface area is 160 Å². The van der Waals surface area contributed by atoms with Gasteiger partial charge in [-0.05, 0) is 18.1 Å². The molecule has 1 aromatic rings. The fourth-order valence-corrected chi connectivity index (χ4v) is 2.92. The molecule has 1 aliphatic heterocycles. The van der Waals surface area contributed by atoms with Crippen molar-refractivity contribution in [3.8, 4) is 0 Å². The van der Waals surface area contributed by atoms with Crippen molar-refractivity contribution in [2.75, 3.05) is 26.2 Å². The predicted molar refractivity (Wildman–Crippen MR) is 95.1 cm³/mol. The standard InChI is InChI=1S/C14H17ClF3N3O2.2ClH/c15-11-2-1-10(9-13(11)21(22)23)12(3-4-14(16,17)18)20-7-5-19-6-8-20;;/h1-2,9,12,19H,3-8H2;2*1H/t12-;;/m1../s1. The predicted octanol–water partition coefficient (Wildman–Crippen LogP) is 4.38. The van der Waals surface area contributed by atoms with Gasteiger partial charge in [-0.3, -0.25) is 15.0 Å². The number of rotatable bonds is 5. The van der Waals surface area contributed by atoms with Crippen LogP contribution in [0.25, 0.3) is 0 Å². The Kier molecular flexibility index (Phi) is 10.0. The molecule has 5 nitrogen and oxygen atoms in total. The van der Waals surface area contributed by atoms with E-state index in [1.54, 1.807) is 6.07 Å². The van der Waals surface area contributed by atoms with Gasteiger partial charge in [0.2, 0.25) is 0 Å². The molecule has 1 atom stereocenters. The quantitative estimate of drug-likeness (QED) is 0.563. The average Bonchev–Trinajstić information content (AvgIpc) is 2.48. The van der Waals surface area contributed by atoms with Gasteiger partial charge in [0.05, 0.1) is 4.92 Å². The lowest BCUT2D eigenvalue weighted by Crippen LogP contribution is -2.45. The minimum atomic E-state index is -4.26. The molecule has 0 radical (unpaired) electrons. The van der Waals surface area contributed by atoms with Gasteiger partial charge in [-0.1, -0.05) is 17.7 Å². The van der Waals surface area contributed by atoms with Gasteiger partial charge in [-0.15, -0.1) is 24.8 Å². The molecule has 1 saturated heterocycles. The molecular formula is C14H19Cl3F3N3O2. The summed E-state index contributed by atoms with van der Waals surface area (Å²) in [7, 11) is 0. The molecule has 2 rings (SSSR count). The first-order valence-corrected chi connectivity index (χ1v) is 7.61. The van der Waals surface area contributed by atoms with Crippen LogP contribution in [0.1, 0.15) is 24.4 Å². The molecule has 1 N–H and O–H groups in total. The smallest absolute Gasteiger partial charge is 0.314 e. The molecule has 0 amide bonds. The van der Waals surface area contributed by atoms with Crippen LogP contribution in [0.2, 0.25) is 5.02 Å². The molecule has 1 aromatic carbocycles. The third-order valence-electron chi connectivity index (χ3n) is 3.85. The second-order valence-electron chi connectivity index (χ2n) is 5.42. The number of halogens is 6. The van der Waals surface area contributed by atoms with Crippen molar-refractivity contribution in [3.63, 3.8) is 0 Å². The van der Waals surface area contributed by atoms with Crippen molar-refractivity contribution in [1.82, 2.24) is 10.2 Å². The monoisotopic (exact) mass is 423 g/mol. The number of alkyl halides is 3. The maximum atomic E-state index is 12.6. The zero-order valence-electron chi connectivity index (χ0n) is 13.1. The normalized spacial score (nSPS) is 16.5. The molecule has 1 fully saturated rings. The summed E-state index contributed by atoms with van der Waals surface area (Å²) in [6.07, 6.45) is -5.33. The van der Waals surface area contributed by atoms with E-state index in [0.717, 1.165) is 0 Å². The molecule has 0 bridgehead atoms. The Bertz CT molecular complexity index is 570. The number of nitro groups is 1. The molecule has 11 heteroatoms. The van der Waals surface area contributed by atoms with Gasteiger partial charge in [0, 0.05) is 44.7 Å². The van der Waals surface area contributed by atoms with Crippen molar-refractivity contribution in [1.29, 1.82) is 0 Å². The Balaban J connectivity index is 0.00000288. The lowest BCUT2D eigenvalue weighted by atomic mass is 9.98. The van der Waals surface area contributed by atoms with E-state index < -0.39 is 23.6 Å². The van der Waals surface area contributed by atoms with E-state index in [1.165, 1.54) is 12.1 Å². The third kappa shape index (κ3) is 7.15. The minimum absolute atomic E-state index is 0. The number of benzene rings is 1. The molecule has 0 aromatic heterocycles. The Morgan fingerprint density at radius 2 is 1.88 bits per heavy atom. The summed E-state index contributed by atoms with van der Waals surface area (Å²) in [5.74, 6) is 0. The van der Waals surface area contributed by atoms with E-state index in [2.05, 4.69) is 5.32 Å². The largest absolute Gasteiger partial charge is 0.389 e. The second kappa shape index (κ2) is 10.4.